The molecule has 2 amide bonds. The van der Waals surface area contributed by atoms with Gasteiger partial charge in [0.2, 0.25) is 23.7 Å². The summed E-state index contributed by atoms with van der Waals surface area (Å²) >= 11 is 2.77. The molecule has 2 atom stereocenters. The molecule has 8 nitrogen and oxygen atoms in total. The van der Waals surface area contributed by atoms with Crippen molar-refractivity contribution in [3.8, 4) is 22.1 Å². The van der Waals surface area contributed by atoms with Crippen LogP contribution in [0.3, 0.4) is 0 Å². The average molecular weight is 459 g/mol. The summed E-state index contributed by atoms with van der Waals surface area (Å²) in [6.07, 6.45) is 1.00. The molecule has 0 saturated heterocycles. The number of carbonyl (C=O) groups is 2. The van der Waals surface area contributed by atoms with Crippen LogP contribution < -0.4 is 20.1 Å². The predicted octanol–water partition coefficient (Wildman–Crippen LogP) is 3.71. The van der Waals surface area contributed by atoms with Crippen molar-refractivity contribution in [3.63, 3.8) is 0 Å². The van der Waals surface area contributed by atoms with Crippen LogP contribution in [0, 0.1) is 5.92 Å². The van der Waals surface area contributed by atoms with E-state index in [0.717, 1.165) is 16.9 Å². The minimum absolute atomic E-state index is 0.0338. The van der Waals surface area contributed by atoms with E-state index in [0.29, 0.717) is 21.6 Å². The van der Waals surface area contributed by atoms with Gasteiger partial charge in [0.15, 0.2) is 11.5 Å². The van der Waals surface area contributed by atoms with Crippen molar-refractivity contribution < 1.29 is 19.1 Å². The van der Waals surface area contributed by atoms with Gasteiger partial charge in [-0.25, -0.2) is 0 Å². The number of ether oxygens (including phenoxy) is 2. The number of hydrogen-bond acceptors (Lipinski definition) is 8. The Labute approximate surface area is 187 Å². The molecule has 0 aliphatic carbocycles. The molecular formula is C21H22N4O4S2. The van der Waals surface area contributed by atoms with Crippen LogP contribution in [0.15, 0.2) is 35.7 Å². The third kappa shape index (κ3) is 5.02. The maximum Gasteiger partial charge on any atom is 0.249 e. The standard InChI is InChI=1S/C21H22N4O4S2/c1-3-12(2)18(22-17(26)10-14-5-4-8-30-14)19(27)23-21-25-24-20(31-21)13-6-7-15-16(9-13)29-11-28-15/h4-9,12,18H,3,10-11H2,1-2H3,(H,22,26)(H,23,25,27). The van der Waals surface area contributed by atoms with Crippen LogP contribution in [0.5, 0.6) is 11.5 Å². The Hall–Kier alpha value is -2.98. The van der Waals surface area contributed by atoms with Crippen LogP contribution in [0.4, 0.5) is 5.13 Å². The number of rotatable bonds is 8. The number of aromatic nitrogens is 2. The zero-order chi connectivity index (χ0) is 21.8. The Morgan fingerprint density at radius 2 is 2.03 bits per heavy atom. The number of anilines is 1. The summed E-state index contributed by atoms with van der Waals surface area (Å²) in [4.78, 5) is 26.3. The van der Waals surface area contributed by atoms with Crippen LogP contribution in [-0.2, 0) is 16.0 Å². The van der Waals surface area contributed by atoms with Gasteiger partial charge in [0, 0.05) is 10.4 Å². The minimum atomic E-state index is -0.657. The molecule has 31 heavy (non-hydrogen) atoms. The Balaban J connectivity index is 1.43. The van der Waals surface area contributed by atoms with Crippen molar-refractivity contribution in [2.24, 2.45) is 5.92 Å². The molecule has 1 aliphatic heterocycles. The number of nitrogens with zero attached hydrogens (tertiary/aromatic N) is 2. The summed E-state index contributed by atoms with van der Waals surface area (Å²) in [5.74, 6) is 0.831. The lowest BCUT2D eigenvalue weighted by Crippen LogP contribution is -2.48. The highest BCUT2D eigenvalue weighted by molar-refractivity contribution is 7.18. The highest BCUT2D eigenvalue weighted by Gasteiger charge is 2.27. The zero-order valence-corrected chi connectivity index (χ0v) is 18.7. The van der Waals surface area contributed by atoms with Crippen molar-refractivity contribution in [1.29, 1.82) is 0 Å². The van der Waals surface area contributed by atoms with Crippen molar-refractivity contribution in [2.45, 2.75) is 32.7 Å². The van der Waals surface area contributed by atoms with Crippen molar-refractivity contribution in [3.05, 3.63) is 40.6 Å². The number of amides is 2. The van der Waals surface area contributed by atoms with Gasteiger partial charge in [0.05, 0.1) is 6.42 Å². The van der Waals surface area contributed by atoms with Gasteiger partial charge in [-0.05, 0) is 35.6 Å². The van der Waals surface area contributed by atoms with Crippen LogP contribution in [0.25, 0.3) is 10.6 Å². The molecule has 2 unspecified atom stereocenters. The van der Waals surface area contributed by atoms with Crippen molar-refractivity contribution in [1.82, 2.24) is 15.5 Å². The monoisotopic (exact) mass is 458 g/mol. The van der Waals surface area contributed by atoms with E-state index in [1.165, 1.54) is 22.7 Å². The minimum Gasteiger partial charge on any atom is -0.454 e. The molecule has 0 spiro atoms. The lowest BCUT2D eigenvalue weighted by molar-refractivity contribution is -0.127. The van der Waals surface area contributed by atoms with Gasteiger partial charge in [-0.2, -0.15) is 0 Å². The van der Waals surface area contributed by atoms with Gasteiger partial charge in [0.25, 0.3) is 0 Å². The number of nitrogens with one attached hydrogen (secondary N) is 2. The van der Waals surface area contributed by atoms with Crippen LogP contribution >= 0.6 is 22.7 Å². The molecule has 0 fully saturated rings. The van der Waals surface area contributed by atoms with Gasteiger partial charge in [-0.15, -0.1) is 21.5 Å². The summed E-state index contributed by atoms with van der Waals surface area (Å²) < 4.78 is 10.7. The van der Waals surface area contributed by atoms with E-state index in [4.69, 9.17) is 9.47 Å². The molecule has 2 aromatic heterocycles. The second kappa shape index (κ2) is 9.44. The molecule has 0 radical (unpaired) electrons. The summed E-state index contributed by atoms with van der Waals surface area (Å²) in [6, 6.07) is 8.67. The highest BCUT2D eigenvalue weighted by Crippen LogP contribution is 2.37. The van der Waals surface area contributed by atoms with E-state index in [2.05, 4.69) is 20.8 Å². The summed E-state index contributed by atoms with van der Waals surface area (Å²) in [5.41, 5.74) is 0.824. The molecule has 162 valence electrons. The van der Waals surface area contributed by atoms with E-state index in [1.807, 2.05) is 49.6 Å². The molecular weight excluding hydrogens is 436 g/mol. The number of thiophene rings is 1. The van der Waals surface area contributed by atoms with Gasteiger partial charge in [-0.3, -0.25) is 14.9 Å². The summed E-state index contributed by atoms with van der Waals surface area (Å²) in [5, 5.41) is 16.9. The zero-order valence-electron chi connectivity index (χ0n) is 17.1. The number of hydrogen-bond donors (Lipinski definition) is 2. The number of fused-ring (bicyclic) bond motifs is 1. The van der Waals surface area contributed by atoms with Gasteiger partial charge in [-0.1, -0.05) is 37.7 Å². The first-order chi connectivity index (χ1) is 15.0. The lowest BCUT2D eigenvalue weighted by atomic mass is 9.98. The van der Waals surface area contributed by atoms with E-state index in [-0.39, 0.29) is 30.9 Å². The first-order valence-corrected chi connectivity index (χ1v) is 11.6. The van der Waals surface area contributed by atoms with E-state index in [1.54, 1.807) is 0 Å². The SMILES string of the molecule is CCC(C)C(NC(=O)Cc1cccs1)C(=O)Nc1nnc(-c2ccc3c(c2)OCO3)s1. The topological polar surface area (TPSA) is 102 Å². The molecule has 3 heterocycles. The largest absolute Gasteiger partial charge is 0.454 e. The molecule has 1 aromatic carbocycles. The van der Waals surface area contributed by atoms with Gasteiger partial charge in [0.1, 0.15) is 11.0 Å². The molecule has 4 rings (SSSR count). The molecule has 1 aliphatic rings. The maximum atomic E-state index is 12.9. The third-order valence-electron chi connectivity index (χ3n) is 5.00. The molecule has 2 N–H and O–H groups in total. The van der Waals surface area contributed by atoms with E-state index >= 15 is 0 Å². The molecule has 0 saturated carbocycles. The first-order valence-electron chi connectivity index (χ1n) is 9.89. The molecule has 10 heteroatoms. The first kappa shape index (κ1) is 21.3. The van der Waals surface area contributed by atoms with Crippen LogP contribution in [0.1, 0.15) is 25.1 Å². The van der Waals surface area contributed by atoms with E-state index in [9.17, 15) is 9.59 Å². The second-order valence-electron chi connectivity index (χ2n) is 7.16. The van der Waals surface area contributed by atoms with Crippen LogP contribution in [0.2, 0.25) is 0 Å². The fourth-order valence-electron chi connectivity index (χ4n) is 3.10. The molecule has 0 bridgehead atoms. The lowest BCUT2D eigenvalue weighted by Gasteiger charge is -2.22. The fraction of sp³-hybridized carbons (Fsp3) is 0.333. The Morgan fingerprint density at radius 1 is 1.19 bits per heavy atom. The second-order valence-corrected chi connectivity index (χ2v) is 9.17. The van der Waals surface area contributed by atoms with E-state index < -0.39 is 6.04 Å². The predicted molar refractivity (Wildman–Crippen MR) is 120 cm³/mol. The third-order valence-corrected chi connectivity index (χ3v) is 6.77. The molecule has 3 aromatic rings. The van der Waals surface area contributed by atoms with Crippen molar-refractivity contribution >= 4 is 39.6 Å². The van der Waals surface area contributed by atoms with Crippen molar-refractivity contribution in [2.75, 3.05) is 12.1 Å². The van der Waals surface area contributed by atoms with Gasteiger partial charge >= 0.3 is 0 Å². The Kier molecular flexibility index (Phi) is 6.47. The van der Waals surface area contributed by atoms with Crippen LogP contribution in [-0.4, -0.2) is 34.8 Å². The average Bonchev–Trinajstić information content (AvgIpc) is 3.52. The number of carbonyl (C=O) groups excluding carboxylic acids is 2. The van der Waals surface area contributed by atoms with Gasteiger partial charge < -0.3 is 14.8 Å². The quantitative estimate of drug-likeness (QED) is 0.534. The highest BCUT2D eigenvalue weighted by atomic mass is 32.1. The summed E-state index contributed by atoms with van der Waals surface area (Å²) in [6.45, 7) is 4.12. The fourth-order valence-corrected chi connectivity index (χ4v) is 4.55. The Bertz CT molecular complexity index is 1070. The normalized spacial score (nSPS) is 14.1. The summed E-state index contributed by atoms with van der Waals surface area (Å²) in [7, 11) is 0. The maximum absolute atomic E-state index is 12.9. The number of benzene rings is 1. The smallest absolute Gasteiger partial charge is 0.249 e. The Morgan fingerprint density at radius 3 is 2.81 bits per heavy atom.